The molecule has 24 heavy (non-hydrogen) atoms. The number of ether oxygens (including phenoxy) is 2. The first kappa shape index (κ1) is 16.4. The molecule has 0 bridgehead atoms. The van der Waals surface area contributed by atoms with E-state index in [0.29, 0.717) is 11.4 Å². The second kappa shape index (κ2) is 6.98. The van der Waals surface area contributed by atoms with E-state index >= 15 is 0 Å². The van der Waals surface area contributed by atoms with Crippen molar-refractivity contribution in [2.75, 3.05) is 19.0 Å². The van der Waals surface area contributed by atoms with Crippen molar-refractivity contribution in [2.45, 2.75) is 18.9 Å². The molecule has 0 saturated carbocycles. The molecule has 1 aliphatic heterocycles. The topological polar surface area (TPSA) is 97.8 Å². The molecule has 126 valence electrons. The van der Waals surface area contributed by atoms with Crippen LogP contribution in [0.4, 0.5) is 5.69 Å². The summed E-state index contributed by atoms with van der Waals surface area (Å²) in [6.07, 6.45) is 1.89. The first-order valence-electron chi connectivity index (χ1n) is 7.38. The van der Waals surface area contributed by atoms with Crippen LogP contribution in [0.5, 0.6) is 5.75 Å². The normalized spacial score (nSPS) is 16.8. The number of thiazole rings is 1. The van der Waals surface area contributed by atoms with Crippen molar-refractivity contribution in [3.05, 3.63) is 39.8 Å². The molecule has 0 aliphatic carbocycles. The number of carboxylic acids is 1. The van der Waals surface area contributed by atoms with E-state index in [1.165, 1.54) is 36.6 Å². The van der Waals surface area contributed by atoms with E-state index < -0.39 is 5.97 Å². The average molecular weight is 348 g/mol. The Morgan fingerprint density at radius 3 is 2.96 bits per heavy atom. The van der Waals surface area contributed by atoms with Gasteiger partial charge in [0, 0.05) is 12.0 Å². The van der Waals surface area contributed by atoms with Crippen molar-refractivity contribution < 1.29 is 24.2 Å². The Bertz CT molecular complexity index is 768. The zero-order chi connectivity index (χ0) is 17.1. The van der Waals surface area contributed by atoms with Gasteiger partial charge in [-0.15, -0.1) is 11.3 Å². The highest BCUT2D eigenvalue weighted by Gasteiger charge is 2.23. The molecule has 2 aromatic rings. The number of hydrogen-bond acceptors (Lipinski definition) is 6. The Morgan fingerprint density at radius 2 is 2.29 bits per heavy atom. The average Bonchev–Trinajstić information content (AvgIpc) is 3.26. The summed E-state index contributed by atoms with van der Waals surface area (Å²) in [4.78, 5) is 27.7. The lowest BCUT2D eigenvalue weighted by molar-refractivity contribution is 0.0696. The van der Waals surface area contributed by atoms with Crippen molar-refractivity contribution >= 4 is 28.9 Å². The van der Waals surface area contributed by atoms with Gasteiger partial charge in [0.1, 0.15) is 22.6 Å². The lowest BCUT2D eigenvalue weighted by Gasteiger charge is -2.10. The van der Waals surface area contributed by atoms with Crippen molar-refractivity contribution in [2.24, 2.45) is 0 Å². The summed E-state index contributed by atoms with van der Waals surface area (Å²) in [6, 6.07) is 4.25. The number of carboxylic acid groups (broad SMARTS) is 1. The molecule has 1 aromatic heterocycles. The largest absolute Gasteiger partial charge is 0.495 e. The summed E-state index contributed by atoms with van der Waals surface area (Å²) in [5, 5.41) is 14.2. The van der Waals surface area contributed by atoms with Crippen molar-refractivity contribution in [1.29, 1.82) is 0 Å². The van der Waals surface area contributed by atoms with E-state index in [1.807, 2.05) is 0 Å². The SMILES string of the molecule is COc1cc(C(=O)O)ccc1NC(=O)c1csc(C2CCCO2)n1. The number of hydrogen-bond donors (Lipinski definition) is 2. The summed E-state index contributed by atoms with van der Waals surface area (Å²) in [6.45, 7) is 0.721. The maximum atomic E-state index is 12.3. The lowest BCUT2D eigenvalue weighted by atomic mass is 10.2. The second-order valence-corrected chi connectivity index (χ2v) is 6.14. The third kappa shape index (κ3) is 3.39. The van der Waals surface area contributed by atoms with Crippen LogP contribution < -0.4 is 10.1 Å². The molecule has 7 nitrogen and oxygen atoms in total. The third-order valence-corrected chi connectivity index (χ3v) is 4.59. The predicted octanol–water partition coefficient (Wildman–Crippen LogP) is 2.95. The molecular formula is C16H16N2O5S. The van der Waals surface area contributed by atoms with Gasteiger partial charge in [0.25, 0.3) is 5.91 Å². The van der Waals surface area contributed by atoms with Gasteiger partial charge in [0.15, 0.2) is 0 Å². The van der Waals surface area contributed by atoms with Gasteiger partial charge in [-0.1, -0.05) is 0 Å². The number of methoxy groups -OCH3 is 1. The molecule has 2 N–H and O–H groups in total. The van der Waals surface area contributed by atoms with Gasteiger partial charge < -0.3 is 19.9 Å². The van der Waals surface area contributed by atoms with Crippen LogP contribution in [0.3, 0.4) is 0 Å². The summed E-state index contributed by atoms with van der Waals surface area (Å²) in [7, 11) is 1.41. The van der Waals surface area contributed by atoms with E-state index in [2.05, 4.69) is 10.3 Å². The van der Waals surface area contributed by atoms with Crippen LogP contribution in [-0.2, 0) is 4.74 Å². The molecule has 1 atom stereocenters. The number of carbonyl (C=O) groups excluding carboxylic acids is 1. The molecule has 8 heteroatoms. The fourth-order valence-electron chi connectivity index (χ4n) is 2.43. The molecule has 1 unspecified atom stereocenters. The smallest absolute Gasteiger partial charge is 0.335 e. The summed E-state index contributed by atoms with van der Waals surface area (Å²) >= 11 is 1.40. The number of anilines is 1. The number of benzene rings is 1. The minimum atomic E-state index is -1.06. The lowest BCUT2D eigenvalue weighted by Crippen LogP contribution is -2.14. The van der Waals surface area contributed by atoms with Gasteiger partial charge in [0.2, 0.25) is 0 Å². The van der Waals surface area contributed by atoms with Gasteiger partial charge in [-0.25, -0.2) is 9.78 Å². The Morgan fingerprint density at radius 1 is 1.46 bits per heavy atom. The first-order valence-corrected chi connectivity index (χ1v) is 8.26. The maximum absolute atomic E-state index is 12.3. The Labute approximate surface area is 142 Å². The van der Waals surface area contributed by atoms with Gasteiger partial charge >= 0.3 is 5.97 Å². The van der Waals surface area contributed by atoms with Crippen LogP contribution >= 0.6 is 11.3 Å². The zero-order valence-corrected chi connectivity index (χ0v) is 13.8. The van der Waals surface area contributed by atoms with Gasteiger partial charge in [0.05, 0.1) is 18.4 Å². The van der Waals surface area contributed by atoms with Crippen molar-refractivity contribution in [3.8, 4) is 5.75 Å². The first-order chi connectivity index (χ1) is 11.6. The van der Waals surface area contributed by atoms with Gasteiger partial charge in [-0.05, 0) is 31.0 Å². The van der Waals surface area contributed by atoms with Crippen molar-refractivity contribution in [3.63, 3.8) is 0 Å². The molecule has 0 spiro atoms. The molecule has 2 heterocycles. The molecule has 1 aliphatic rings. The fraction of sp³-hybridized carbons (Fsp3) is 0.312. The van der Waals surface area contributed by atoms with Crippen LogP contribution in [0.2, 0.25) is 0 Å². The van der Waals surface area contributed by atoms with Crippen LogP contribution in [0, 0.1) is 0 Å². The highest BCUT2D eigenvalue weighted by atomic mass is 32.1. The standard InChI is InChI=1S/C16H16N2O5S/c1-22-13-7-9(16(20)21)4-5-10(13)17-14(19)11-8-24-15(18-11)12-3-2-6-23-12/h4-5,7-8,12H,2-3,6H2,1H3,(H,17,19)(H,20,21). The predicted molar refractivity (Wildman–Crippen MR) is 87.9 cm³/mol. The minimum absolute atomic E-state index is 0.0269. The Balaban J connectivity index is 1.76. The molecule has 0 radical (unpaired) electrons. The minimum Gasteiger partial charge on any atom is -0.495 e. The monoisotopic (exact) mass is 348 g/mol. The van der Waals surface area contributed by atoms with E-state index in [-0.39, 0.29) is 23.3 Å². The van der Waals surface area contributed by atoms with E-state index in [9.17, 15) is 9.59 Å². The number of aromatic nitrogens is 1. The highest BCUT2D eigenvalue weighted by molar-refractivity contribution is 7.09. The summed E-state index contributed by atoms with van der Waals surface area (Å²) < 4.78 is 10.7. The van der Waals surface area contributed by atoms with Crippen LogP contribution in [-0.4, -0.2) is 35.7 Å². The maximum Gasteiger partial charge on any atom is 0.335 e. The molecular weight excluding hydrogens is 332 g/mol. The molecule has 1 amide bonds. The second-order valence-electron chi connectivity index (χ2n) is 5.25. The number of nitrogens with one attached hydrogen (secondary N) is 1. The number of nitrogens with zero attached hydrogens (tertiary/aromatic N) is 1. The van der Waals surface area contributed by atoms with E-state index in [0.717, 1.165) is 24.5 Å². The van der Waals surface area contributed by atoms with Crippen LogP contribution in [0.25, 0.3) is 0 Å². The van der Waals surface area contributed by atoms with E-state index in [1.54, 1.807) is 5.38 Å². The number of carbonyl (C=O) groups is 2. The Kier molecular flexibility index (Phi) is 4.77. The number of rotatable bonds is 5. The fourth-order valence-corrected chi connectivity index (χ4v) is 3.31. The van der Waals surface area contributed by atoms with Crippen LogP contribution in [0.15, 0.2) is 23.6 Å². The summed E-state index contributed by atoms with van der Waals surface area (Å²) in [5.41, 5.74) is 0.771. The number of aromatic carboxylic acids is 1. The highest BCUT2D eigenvalue weighted by Crippen LogP contribution is 2.31. The van der Waals surface area contributed by atoms with Gasteiger partial charge in [-0.3, -0.25) is 4.79 Å². The van der Waals surface area contributed by atoms with Crippen molar-refractivity contribution in [1.82, 2.24) is 4.98 Å². The quantitative estimate of drug-likeness (QED) is 0.862. The molecule has 1 aromatic carbocycles. The van der Waals surface area contributed by atoms with Crippen LogP contribution in [0.1, 0.15) is 44.8 Å². The number of amides is 1. The Hall–Kier alpha value is -2.45. The van der Waals surface area contributed by atoms with E-state index in [4.69, 9.17) is 14.6 Å². The summed E-state index contributed by atoms with van der Waals surface area (Å²) in [5.74, 6) is -1.17. The zero-order valence-electron chi connectivity index (χ0n) is 12.9. The third-order valence-electron chi connectivity index (χ3n) is 3.66. The molecule has 1 saturated heterocycles. The molecule has 1 fully saturated rings. The van der Waals surface area contributed by atoms with Gasteiger partial charge in [-0.2, -0.15) is 0 Å². The molecule has 3 rings (SSSR count).